The smallest absolute Gasteiger partial charge is 0.330 e. The highest BCUT2D eigenvalue weighted by Gasteiger charge is 2.14. The van der Waals surface area contributed by atoms with E-state index in [1.165, 1.54) is 17.4 Å². The maximum atomic E-state index is 11.4. The van der Waals surface area contributed by atoms with Crippen LogP contribution in [-0.2, 0) is 9.53 Å². The highest BCUT2D eigenvalue weighted by Crippen LogP contribution is 2.30. The quantitative estimate of drug-likeness (QED) is 0.393. The molecule has 0 atom stereocenters. The fourth-order valence-corrected chi connectivity index (χ4v) is 3.49. The monoisotopic (exact) mass is 369 g/mol. The van der Waals surface area contributed by atoms with Crippen molar-refractivity contribution in [1.29, 1.82) is 0 Å². The van der Waals surface area contributed by atoms with Crippen LogP contribution in [0.2, 0.25) is 0 Å². The number of pyridine rings is 1. The summed E-state index contributed by atoms with van der Waals surface area (Å²) in [5.74, 6) is 1.35. The molecule has 0 amide bonds. The molecular weight excluding hydrogens is 354 g/mol. The molecule has 8 heteroatoms. The lowest BCUT2D eigenvalue weighted by atomic mass is 10.3. The van der Waals surface area contributed by atoms with Crippen LogP contribution >= 0.6 is 11.3 Å². The molecule has 0 unspecified atom stereocenters. The number of hydrogen-bond donors (Lipinski definition) is 0. The molecule has 0 fully saturated rings. The zero-order valence-electron chi connectivity index (χ0n) is 14.1. The van der Waals surface area contributed by atoms with Crippen molar-refractivity contribution in [3.05, 3.63) is 42.3 Å². The van der Waals surface area contributed by atoms with Crippen LogP contribution in [0.15, 0.2) is 41.0 Å². The van der Waals surface area contributed by atoms with Gasteiger partial charge in [0.05, 0.1) is 19.2 Å². The summed E-state index contributed by atoms with van der Waals surface area (Å²) < 4.78 is 17.7. The summed E-state index contributed by atoms with van der Waals surface area (Å²) >= 11 is 1.48. The fraction of sp³-hybridized carbons (Fsp3) is 0.167. The van der Waals surface area contributed by atoms with Gasteiger partial charge in [-0.25, -0.2) is 14.8 Å². The first-order valence-corrected chi connectivity index (χ1v) is 8.77. The Kier molecular flexibility index (Phi) is 4.18. The second-order valence-electron chi connectivity index (χ2n) is 5.35. The van der Waals surface area contributed by atoms with Gasteiger partial charge in [-0.05, 0) is 31.2 Å². The summed E-state index contributed by atoms with van der Waals surface area (Å²) in [4.78, 5) is 22.1. The number of carbonyl (C=O) groups excluding carboxylic acids is 1. The van der Waals surface area contributed by atoms with Crippen LogP contribution in [-0.4, -0.2) is 34.1 Å². The van der Waals surface area contributed by atoms with E-state index < -0.39 is 5.97 Å². The minimum atomic E-state index is -0.401. The molecule has 4 aromatic rings. The van der Waals surface area contributed by atoms with E-state index in [-0.39, 0.29) is 0 Å². The molecule has 0 aromatic carbocycles. The molecule has 0 saturated heterocycles. The van der Waals surface area contributed by atoms with E-state index in [1.807, 2.05) is 28.8 Å². The fourth-order valence-electron chi connectivity index (χ4n) is 2.52. The van der Waals surface area contributed by atoms with E-state index in [1.54, 1.807) is 26.2 Å². The average molecular weight is 369 g/mol. The number of esters is 1. The van der Waals surface area contributed by atoms with Gasteiger partial charge < -0.3 is 13.9 Å². The predicted octanol–water partition coefficient (Wildman–Crippen LogP) is 3.79. The molecule has 0 bridgehead atoms. The van der Waals surface area contributed by atoms with E-state index in [4.69, 9.17) is 13.9 Å². The lowest BCUT2D eigenvalue weighted by molar-refractivity contribution is -0.137. The second-order valence-corrected chi connectivity index (χ2v) is 6.30. The molecule has 4 rings (SSSR count). The molecule has 0 spiro atoms. The van der Waals surface area contributed by atoms with Crippen molar-refractivity contribution < 1.29 is 18.7 Å². The number of methoxy groups -OCH3 is 1. The van der Waals surface area contributed by atoms with Gasteiger partial charge in [-0.1, -0.05) is 11.3 Å². The van der Waals surface area contributed by atoms with Crippen molar-refractivity contribution in [1.82, 2.24) is 14.4 Å². The Morgan fingerprint density at radius 1 is 1.31 bits per heavy atom. The van der Waals surface area contributed by atoms with E-state index in [0.29, 0.717) is 29.7 Å². The van der Waals surface area contributed by atoms with Crippen LogP contribution in [0.3, 0.4) is 0 Å². The summed E-state index contributed by atoms with van der Waals surface area (Å²) in [5, 5.41) is 0. The van der Waals surface area contributed by atoms with Crippen molar-refractivity contribution >= 4 is 38.7 Å². The van der Waals surface area contributed by atoms with Gasteiger partial charge in [0, 0.05) is 18.3 Å². The van der Waals surface area contributed by atoms with Crippen molar-refractivity contribution in [2.75, 3.05) is 13.7 Å². The van der Waals surface area contributed by atoms with E-state index in [0.717, 1.165) is 15.3 Å². The number of carbonyl (C=O) groups is 1. The number of ether oxygens (including phenoxy) is 2. The van der Waals surface area contributed by atoms with E-state index in [2.05, 4.69) is 9.97 Å². The van der Waals surface area contributed by atoms with Gasteiger partial charge in [-0.2, -0.15) is 0 Å². The molecule has 0 aliphatic heterocycles. The third kappa shape index (κ3) is 2.95. The Morgan fingerprint density at radius 3 is 3.00 bits per heavy atom. The molecule has 7 nitrogen and oxygen atoms in total. The average Bonchev–Trinajstić information content (AvgIpc) is 3.33. The minimum absolute atomic E-state index is 0.340. The molecule has 0 aliphatic carbocycles. The van der Waals surface area contributed by atoms with Crippen LogP contribution < -0.4 is 4.74 Å². The number of thiazole rings is 1. The van der Waals surface area contributed by atoms with Crippen molar-refractivity contribution in [3.63, 3.8) is 0 Å². The molecule has 0 radical (unpaired) electrons. The SMILES string of the molecule is CCOC(=O)/C=C/c1ccc(-c2cn3c(n2)sc2nc(OC)ccc23)o1. The zero-order valence-corrected chi connectivity index (χ0v) is 14.9. The number of furan rings is 1. The summed E-state index contributed by atoms with van der Waals surface area (Å²) in [6.45, 7) is 2.10. The van der Waals surface area contributed by atoms with Gasteiger partial charge >= 0.3 is 5.97 Å². The Labute approximate surface area is 152 Å². The number of rotatable bonds is 5. The summed E-state index contributed by atoms with van der Waals surface area (Å²) in [5.41, 5.74) is 1.67. The largest absolute Gasteiger partial charge is 0.481 e. The highest BCUT2D eigenvalue weighted by atomic mass is 32.1. The Morgan fingerprint density at radius 2 is 2.19 bits per heavy atom. The Balaban J connectivity index is 1.64. The number of aromatic nitrogens is 3. The van der Waals surface area contributed by atoms with Gasteiger partial charge in [-0.15, -0.1) is 0 Å². The Bertz CT molecular complexity index is 1120. The molecule has 0 saturated carbocycles. The predicted molar refractivity (Wildman–Crippen MR) is 98.3 cm³/mol. The topological polar surface area (TPSA) is 78.9 Å². The van der Waals surface area contributed by atoms with Gasteiger partial charge in [0.1, 0.15) is 16.3 Å². The maximum absolute atomic E-state index is 11.4. The van der Waals surface area contributed by atoms with Gasteiger partial charge in [0.2, 0.25) is 5.88 Å². The summed E-state index contributed by atoms with van der Waals surface area (Å²) in [6, 6.07) is 7.37. The molecule has 0 N–H and O–H groups in total. The lowest BCUT2D eigenvalue weighted by Gasteiger charge is -1.96. The lowest BCUT2D eigenvalue weighted by Crippen LogP contribution is -1.98. The first kappa shape index (κ1) is 16.3. The van der Waals surface area contributed by atoms with Crippen LogP contribution in [0, 0.1) is 0 Å². The summed E-state index contributed by atoms with van der Waals surface area (Å²) in [6.07, 6.45) is 4.82. The first-order valence-electron chi connectivity index (χ1n) is 7.95. The minimum Gasteiger partial charge on any atom is -0.481 e. The van der Waals surface area contributed by atoms with Gasteiger partial charge in [0.15, 0.2) is 10.7 Å². The van der Waals surface area contributed by atoms with Crippen molar-refractivity contribution in [2.24, 2.45) is 0 Å². The normalized spacial score (nSPS) is 11.6. The van der Waals surface area contributed by atoms with E-state index in [9.17, 15) is 4.79 Å². The number of nitrogens with zero attached hydrogens (tertiary/aromatic N) is 3. The molecule has 132 valence electrons. The standard InChI is InChI=1S/C18H15N3O4S/c1-3-24-16(22)9-5-11-4-7-14(25-11)12-10-21-13-6-8-15(23-2)20-17(13)26-18(21)19-12/h4-10H,3H2,1-2H3/b9-5+. The van der Waals surface area contributed by atoms with Crippen LogP contribution in [0.4, 0.5) is 0 Å². The highest BCUT2D eigenvalue weighted by molar-refractivity contribution is 7.23. The third-order valence-corrected chi connectivity index (χ3v) is 4.66. The molecular formula is C18H15N3O4S. The summed E-state index contributed by atoms with van der Waals surface area (Å²) in [7, 11) is 1.59. The number of fused-ring (bicyclic) bond motifs is 3. The number of hydrogen-bond acceptors (Lipinski definition) is 7. The van der Waals surface area contributed by atoms with Crippen LogP contribution in [0.5, 0.6) is 5.88 Å². The molecule has 26 heavy (non-hydrogen) atoms. The molecule has 4 heterocycles. The van der Waals surface area contributed by atoms with Crippen molar-refractivity contribution in [3.8, 4) is 17.3 Å². The number of imidazole rings is 1. The van der Waals surface area contributed by atoms with Gasteiger partial charge in [-0.3, -0.25) is 4.40 Å². The van der Waals surface area contributed by atoms with Gasteiger partial charge in [0.25, 0.3) is 0 Å². The zero-order chi connectivity index (χ0) is 18.1. The van der Waals surface area contributed by atoms with Crippen LogP contribution in [0.25, 0.3) is 32.8 Å². The maximum Gasteiger partial charge on any atom is 0.330 e. The molecule has 0 aliphatic rings. The van der Waals surface area contributed by atoms with E-state index >= 15 is 0 Å². The molecule has 4 aromatic heterocycles. The van der Waals surface area contributed by atoms with Crippen LogP contribution in [0.1, 0.15) is 12.7 Å². The first-order chi connectivity index (χ1) is 12.7. The van der Waals surface area contributed by atoms with Crippen molar-refractivity contribution in [2.45, 2.75) is 6.92 Å². The Hall–Kier alpha value is -3.13. The second kappa shape index (κ2) is 6.64. The third-order valence-electron chi connectivity index (χ3n) is 3.69.